The molecule has 2 heterocycles. The van der Waals surface area contributed by atoms with Crippen LogP contribution < -0.4 is 0 Å². The molecular formula is C45H72O14. The molecule has 0 aliphatic carbocycles. The van der Waals surface area contributed by atoms with Gasteiger partial charge in [-0.15, -0.1) is 0 Å². The van der Waals surface area contributed by atoms with Crippen molar-refractivity contribution in [2.24, 2.45) is 5.92 Å². The number of rotatable bonds is 32. The van der Waals surface area contributed by atoms with E-state index >= 15 is 0 Å². The van der Waals surface area contributed by atoms with Crippen molar-refractivity contribution in [3.8, 4) is 0 Å². The fraction of sp³-hybridized carbons (Fsp3) is 0.644. The third-order valence-electron chi connectivity index (χ3n) is 9.79. The van der Waals surface area contributed by atoms with Gasteiger partial charge in [0.1, 0.15) is 18.3 Å². The molecule has 14 nitrogen and oxygen atoms in total. The van der Waals surface area contributed by atoms with Gasteiger partial charge in [0, 0.05) is 19.3 Å². The molecule has 15 unspecified atom stereocenters. The zero-order valence-corrected chi connectivity index (χ0v) is 34.5. The average Bonchev–Trinajstić information content (AvgIpc) is 4.10. The molecule has 0 aromatic rings. The van der Waals surface area contributed by atoms with Gasteiger partial charge in [-0.3, -0.25) is 0 Å². The Bertz CT molecular complexity index is 1370. The molecule has 0 spiro atoms. The van der Waals surface area contributed by atoms with Gasteiger partial charge in [-0.25, -0.2) is 0 Å². The van der Waals surface area contributed by atoms with E-state index in [9.17, 15) is 51.1 Å². The van der Waals surface area contributed by atoms with Gasteiger partial charge >= 0.3 is 0 Å². The highest BCUT2D eigenvalue weighted by atomic mass is 16.7. The van der Waals surface area contributed by atoms with Crippen molar-refractivity contribution in [3.63, 3.8) is 0 Å². The van der Waals surface area contributed by atoms with Crippen molar-refractivity contribution in [2.45, 2.75) is 164 Å². The van der Waals surface area contributed by atoms with Crippen LogP contribution in [0.15, 0.2) is 96.7 Å². The monoisotopic (exact) mass is 836 g/mol. The van der Waals surface area contributed by atoms with E-state index in [1.54, 1.807) is 73.8 Å². The number of aliphatic hydroxyl groups is 12. The molecule has 0 bridgehead atoms. The van der Waals surface area contributed by atoms with Crippen LogP contribution in [0.3, 0.4) is 0 Å². The van der Waals surface area contributed by atoms with Crippen molar-refractivity contribution in [2.75, 3.05) is 13.2 Å². The van der Waals surface area contributed by atoms with E-state index in [2.05, 4.69) is 0 Å². The molecule has 0 aromatic heterocycles. The molecule has 2 aliphatic heterocycles. The molecule has 336 valence electrons. The van der Waals surface area contributed by atoms with E-state index in [1.807, 2.05) is 6.92 Å². The summed E-state index contributed by atoms with van der Waals surface area (Å²) in [6, 6.07) is 0. The highest BCUT2D eigenvalue weighted by Gasteiger charge is 2.59. The van der Waals surface area contributed by atoms with E-state index in [0.29, 0.717) is 32.1 Å². The maximum absolute atomic E-state index is 10.5. The molecule has 0 aromatic carbocycles. The van der Waals surface area contributed by atoms with Crippen molar-refractivity contribution < 1.29 is 70.8 Å². The van der Waals surface area contributed by atoms with Crippen molar-refractivity contribution in [1.82, 2.24) is 0 Å². The quantitative estimate of drug-likeness (QED) is 0.0339. The Balaban J connectivity index is 1.59. The first-order chi connectivity index (χ1) is 28.1. The Hall–Kier alpha value is -2.64. The van der Waals surface area contributed by atoms with E-state index in [0.717, 1.165) is 5.57 Å². The second kappa shape index (κ2) is 29.6. The molecule has 2 fully saturated rings. The Morgan fingerprint density at radius 1 is 0.492 bits per heavy atom. The predicted molar refractivity (Wildman–Crippen MR) is 225 cm³/mol. The summed E-state index contributed by atoms with van der Waals surface area (Å²) in [6.45, 7) is 3.46. The number of epoxide rings is 2. The predicted octanol–water partition coefficient (Wildman–Crippen LogP) is 1.49. The fourth-order valence-corrected chi connectivity index (χ4v) is 6.61. The summed E-state index contributed by atoms with van der Waals surface area (Å²) < 4.78 is 11.3. The molecule has 0 radical (unpaired) electrons. The van der Waals surface area contributed by atoms with Gasteiger partial charge in [0.25, 0.3) is 0 Å². The number of ether oxygens (including phenoxy) is 2. The number of aliphatic hydroxyl groups excluding tert-OH is 12. The van der Waals surface area contributed by atoms with E-state index in [4.69, 9.17) is 19.7 Å². The molecular weight excluding hydrogens is 764 g/mol. The second-order valence-electron chi connectivity index (χ2n) is 15.7. The van der Waals surface area contributed by atoms with Gasteiger partial charge in [0.05, 0.1) is 80.4 Å². The molecule has 15 atom stereocenters. The topological polar surface area (TPSA) is 268 Å². The molecule has 0 saturated carbocycles. The first-order valence-electron chi connectivity index (χ1n) is 20.8. The van der Waals surface area contributed by atoms with Gasteiger partial charge in [-0.2, -0.15) is 0 Å². The smallest absolute Gasteiger partial charge is 0.116 e. The minimum absolute atomic E-state index is 0.0182. The highest BCUT2D eigenvalue weighted by Crippen LogP contribution is 2.42. The third-order valence-corrected chi connectivity index (χ3v) is 9.79. The SMILES string of the molecule is C/C(=C\C(O)C/C=C/C(O)CC1OC1C1OC1C(O)C/C=C/CC(O)/C=C/CC(O)/C=C/CO)CC(O)/C=C/CC(O)CC(O)/C=C/C(O)CC(O)CC(C)/C=C/CO. The summed E-state index contributed by atoms with van der Waals surface area (Å²) in [7, 11) is 0. The van der Waals surface area contributed by atoms with E-state index < -0.39 is 61.0 Å². The lowest BCUT2D eigenvalue weighted by molar-refractivity contribution is 0.0877. The minimum Gasteiger partial charge on any atom is -0.393 e. The molecule has 0 amide bonds. The summed E-state index contributed by atoms with van der Waals surface area (Å²) in [5, 5.41) is 120. The summed E-state index contributed by atoms with van der Waals surface area (Å²) in [4.78, 5) is 0. The van der Waals surface area contributed by atoms with Crippen LogP contribution >= 0.6 is 0 Å². The van der Waals surface area contributed by atoms with Crippen LogP contribution in [0.4, 0.5) is 0 Å². The van der Waals surface area contributed by atoms with Gasteiger partial charge in [-0.1, -0.05) is 104 Å². The Morgan fingerprint density at radius 2 is 1.02 bits per heavy atom. The molecule has 2 aliphatic rings. The molecule has 12 N–H and O–H groups in total. The van der Waals surface area contributed by atoms with Crippen molar-refractivity contribution in [1.29, 1.82) is 0 Å². The van der Waals surface area contributed by atoms with Crippen LogP contribution in [-0.4, -0.2) is 160 Å². The van der Waals surface area contributed by atoms with Crippen molar-refractivity contribution in [3.05, 3.63) is 96.7 Å². The summed E-state index contributed by atoms with van der Waals surface area (Å²) in [6.07, 6.45) is 17.3. The molecule has 14 heteroatoms. The van der Waals surface area contributed by atoms with Crippen LogP contribution in [0.2, 0.25) is 0 Å². The maximum atomic E-state index is 10.5. The third kappa shape index (κ3) is 25.0. The standard InChI is InChI=1S/C45H72O14/c1-30(10-8-22-46)24-40(56)28-39(55)21-20-38(54)27-36(52)16-6-14-34(50)25-31(2)26-35(51)15-7-17-37(53)29-42-44(58-42)45-43(59-45)41(57)19-4-3-11-32(48)12-5-13-33(49)18-9-23-47/h3-10,12,14,17-18,20-21,26,30,32-57H,11,13,15-16,19,22-25,27-29H2,1-2H3/b4-3+,10-8+,12-5+,14-6+,17-7+,18-9+,21-20+,31-26+. The first-order valence-corrected chi connectivity index (χ1v) is 20.8. The van der Waals surface area contributed by atoms with Crippen LogP contribution in [0.25, 0.3) is 0 Å². The molecule has 2 rings (SSSR count). The van der Waals surface area contributed by atoms with Crippen molar-refractivity contribution >= 4 is 0 Å². The molecule has 59 heavy (non-hydrogen) atoms. The Labute approximate surface area is 349 Å². The Kier molecular flexibility index (Phi) is 26.3. The summed E-state index contributed by atoms with van der Waals surface area (Å²) in [5.41, 5.74) is 0.752. The van der Waals surface area contributed by atoms with Gasteiger partial charge in [-0.05, 0) is 57.8 Å². The minimum atomic E-state index is -1.01. The van der Waals surface area contributed by atoms with Crippen LogP contribution in [0.5, 0.6) is 0 Å². The summed E-state index contributed by atoms with van der Waals surface area (Å²) in [5.74, 6) is 0.0360. The van der Waals surface area contributed by atoms with Crippen LogP contribution in [0.1, 0.15) is 78.1 Å². The first kappa shape index (κ1) is 52.5. The zero-order valence-electron chi connectivity index (χ0n) is 34.5. The lowest BCUT2D eigenvalue weighted by atomic mass is 9.98. The van der Waals surface area contributed by atoms with Gasteiger partial charge in [0.15, 0.2) is 0 Å². The second-order valence-corrected chi connectivity index (χ2v) is 15.7. The average molecular weight is 837 g/mol. The normalized spacial score (nSPS) is 26.0. The highest BCUT2D eigenvalue weighted by molar-refractivity contribution is 5.10. The van der Waals surface area contributed by atoms with E-state index in [-0.39, 0.29) is 75.7 Å². The van der Waals surface area contributed by atoms with Gasteiger partial charge in [0.2, 0.25) is 0 Å². The van der Waals surface area contributed by atoms with Crippen LogP contribution in [-0.2, 0) is 9.47 Å². The number of hydrogen-bond acceptors (Lipinski definition) is 14. The lowest BCUT2D eigenvalue weighted by Crippen LogP contribution is -2.19. The Morgan fingerprint density at radius 3 is 1.68 bits per heavy atom. The maximum Gasteiger partial charge on any atom is 0.116 e. The summed E-state index contributed by atoms with van der Waals surface area (Å²) >= 11 is 0. The largest absolute Gasteiger partial charge is 0.393 e. The van der Waals surface area contributed by atoms with Gasteiger partial charge < -0.3 is 70.8 Å². The van der Waals surface area contributed by atoms with Crippen LogP contribution in [0, 0.1) is 5.92 Å². The fourth-order valence-electron chi connectivity index (χ4n) is 6.61. The number of hydrogen-bond donors (Lipinski definition) is 12. The van der Waals surface area contributed by atoms with E-state index in [1.165, 1.54) is 24.3 Å². The molecule has 2 saturated heterocycles. The number of allylic oxidation sites excluding steroid dienone is 1. The lowest BCUT2D eigenvalue weighted by Gasteiger charge is -2.16. The zero-order chi connectivity index (χ0) is 43.7.